The summed E-state index contributed by atoms with van der Waals surface area (Å²) in [6.07, 6.45) is 4.64. The Morgan fingerprint density at radius 1 is 1.40 bits per heavy atom. The molecular weight excluding hydrogens is 260 g/mol. The molecule has 0 spiro atoms. The first kappa shape index (κ1) is 14.8. The highest BCUT2D eigenvalue weighted by atomic mass is 16.5. The Bertz CT molecular complexity index is 443. The fourth-order valence-corrected chi connectivity index (χ4v) is 2.34. The third kappa shape index (κ3) is 3.69. The highest BCUT2D eigenvalue weighted by molar-refractivity contribution is 5.74. The Hall–Kier alpha value is -1.63. The number of rotatable bonds is 5. The molecule has 1 heterocycles. The van der Waals surface area contributed by atoms with E-state index in [-0.39, 0.29) is 24.7 Å². The first-order valence-corrected chi connectivity index (χ1v) is 7.11. The van der Waals surface area contributed by atoms with Crippen LogP contribution in [0.25, 0.3) is 0 Å². The summed E-state index contributed by atoms with van der Waals surface area (Å²) in [7, 11) is 0. The molecule has 0 saturated heterocycles. The van der Waals surface area contributed by atoms with Crippen molar-refractivity contribution >= 4 is 6.03 Å². The van der Waals surface area contributed by atoms with Crippen LogP contribution in [0.2, 0.25) is 0 Å². The SMILES string of the molecule is CC(CO)NC(=O)NC(C)c1nc(C2CCCC2)no1. The number of carbonyl (C=O) groups is 1. The molecule has 1 aromatic heterocycles. The summed E-state index contributed by atoms with van der Waals surface area (Å²) in [5.74, 6) is 1.55. The standard InChI is InChI=1S/C13H22N4O3/c1-8(7-18)14-13(19)15-9(2)12-16-11(17-20-12)10-5-3-4-6-10/h8-10,18H,3-7H2,1-2H3,(H2,14,15,19). The molecule has 1 aliphatic carbocycles. The van der Waals surface area contributed by atoms with Crippen LogP contribution in [0.4, 0.5) is 4.79 Å². The monoisotopic (exact) mass is 282 g/mol. The summed E-state index contributed by atoms with van der Waals surface area (Å²) < 4.78 is 5.22. The minimum Gasteiger partial charge on any atom is -0.394 e. The molecule has 2 unspecified atom stereocenters. The molecule has 3 N–H and O–H groups in total. The van der Waals surface area contributed by atoms with Crippen molar-refractivity contribution in [1.82, 2.24) is 20.8 Å². The van der Waals surface area contributed by atoms with Gasteiger partial charge in [-0.05, 0) is 26.7 Å². The summed E-state index contributed by atoms with van der Waals surface area (Å²) in [5.41, 5.74) is 0. The fraction of sp³-hybridized carbons (Fsp3) is 0.769. The molecule has 7 nitrogen and oxygen atoms in total. The molecule has 2 atom stereocenters. The van der Waals surface area contributed by atoms with Crippen LogP contribution >= 0.6 is 0 Å². The molecule has 0 aromatic carbocycles. The van der Waals surface area contributed by atoms with Gasteiger partial charge in [-0.25, -0.2) is 4.79 Å². The molecule has 2 rings (SSSR count). The molecule has 1 fully saturated rings. The van der Waals surface area contributed by atoms with Crippen molar-refractivity contribution in [3.8, 4) is 0 Å². The predicted molar refractivity (Wildman–Crippen MR) is 72.1 cm³/mol. The topological polar surface area (TPSA) is 100 Å². The lowest BCUT2D eigenvalue weighted by molar-refractivity contribution is 0.215. The third-order valence-electron chi connectivity index (χ3n) is 3.55. The first-order chi connectivity index (χ1) is 9.60. The lowest BCUT2D eigenvalue weighted by atomic mass is 10.1. The molecular formula is C13H22N4O3. The molecule has 20 heavy (non-hydrogen) atoms. The maximum Gasteiger partial charge on any atom is 0.315 e. The number of amides is 2. The second-order valence-electron chi connectivity index (χ2n) is 5.40. The van der Waals surface area contributed by atoms with Crippen molar-refractivity contribution in [3.05, 3.63) is 11.7 Å². The van der Waals surface area contributed by atoms with E-state index < -0.39 is 0 Å². The number of aromatic nitrogens is 2. The van der Waals surface area contributed by atoms with E-state index in [0.717, 1.165) is 18.7 Å². The maximum absolute atomic E-state index is 11.6. The number of urea groups is 1. The van der Waals surface area contributed by atoms with Gasteiger partial charge in [0.1, 0.15) is 6.04 Å². The summed E-state index contributed by atoms with van der Waals surface area (Å²) in [5, 5.41) is 18.2. The van der Waals surface area contributed by atoms with Gasteiger partial charge in [0, 0.05) is 5.92 Å². The van der Waals surface area contributed by atoms with Crippen molar-refractivity contribution in [2.75, 3.05) is 6.61 Å². The summed E-state index contributed by atoms with van der Waals surface area (Å²) in [6.45, 7) is 3.40. The minimum absolute atomic E-state index is 0.103. The highest BCUT2D eigenvalue weighted by Crippen LogP contribution is 2.32. The Morgan fingerprint density at radius 2 is 2.10 bits per heavy atom. The van der Waals surface area contributed by atoms with Crippen LogP contribution in [0.1, 0.15) is 63.2 Å². The average Bonchev–Trinajstić information content (AvgIpc) is 3.08. The van der Waals surface area contributed by atoms with Crippen molar-refractivity contribution in [2.24, 2.45) is 0 Å². The van der Waals surface area contributed by atoms with Crippen LogP contribution in [0.5, 0.6) is 0 Å². The van der Waals surface area contributed by atoms with Gasteiger partial charge in [0.2, 0.25) is 5.89 Å². The lowest BCUT2D eigenvalue weighted by Gasteiger charge is -2.14. The predicted octanol–water partition coefficient (Wildman–Crippen LogP) is 1.47. The van der Waals surface area contributed by atoms with Crippen LogP contribution < -0.4 is 10.6 Å². The number of aliphatic hydroxyl groups is 1. The zero-order chi connectivity index (χ0) is 14.5. The second kappa shape index (κ2) is 6.69. The molecule has 0 radical (unpaired) electrons. The third-order valence-corrected chi connectivity index (χ3v) is 3.55. The van der Waals surface area contributed by atoms with Gasteiger partial charge in [0.15, 0.2) is 5.82 Å². The highest BCUT2D eigenvalue weighted by Gasteiger charge is 2.24. The van der Waals surface area contributed by atoms with Gasteiger partial charge in [0.05, 0.1) is 12.6 Å². The Balaban J connectivity index is 1.88. The molecule has 1 saturated carbocycles. The smallest absolute Gasteiger partial charge is 0.315 e. The van der Waals surface area contributed by atoms with Gasteiger partial charge in [-0.3, -0.25) is 0 Å². The quantitative estimate of drug-likeness (QED) is 0.759. The summed E-state index contributed by atoms with van der Waals surface area (Å²) >= 11 is 0. The van der Waals surface area contributed by atoms with Gasteiger partial charge in [0.25, 0.3) is 0 Å². The van der Waals surface area contributed by atoms with Crippen LogP contribution in [-0.4, -0.2) is 33.9 Å². The lowest BCUT2D eigenvalue weighted by Crippen LogP contribution is -2.43. The van der Waals surface area contributed by atoms with Gasteiger partial charge in [-0.2, -0.15) is 4.98 Å². The largest absolute Gasteiger partial charge is 0.394 e. The summed E-state index contributed by atoms with van der Waals surface area (Å²) in [6, 6.07) is -1.01. The van der Waals surface area contributed by atoms with E-state index in [1.165, 1.54) is 12.8 Å². The van der Waals surface area contributed by atoms with Crippen molar-refractivity contribution < 1.29 is 14.4 Å². The Labute approximate surface area is 118 Å². The van der Waals surface area contributed by atoms with Crippen LogP contribution in [0.3, 0.4) is 0 Å². The number of nitrogens with one attached hydrogen (secondary N) is 2. The second-order valence-corrected chi connectivity index (χ2v) is 5.40. The number of aliphatic hydroxyl groups excluding tert-OH is 1. The van der Waals surface area contributed by atoms with E-state index in [1.807, 2.05) is 0 Å². The van der Waals surface area contributed by atoms with Crippen LogP contribution in [-0.2, 0) is 0 Å². The zero-order valence-corrected chi connectivity index (χ0v) is 11.9. The Morgan fingerprint density at radius 3 is 2.75 bits per heavy atom. The molecule has 1 aromatic rings. The van der Waals surface area contributed by atoms with E-state index in [0.29, 0.717) is 11.8 Å². The van der Waals surface area contributed by atoms with Gasteiger partial charge >= 0.3 is 6.03 Å². The van der Waals surface area contributed by atoms with E-state index in [4.69, 9.17) is 9.63 Å². The van der Waals surface area contributed by atoms with E-state index in [2.05, 4.69) is 20.8 Å². The normalized spacial score (nSPS) is 18.8. The number of nitrogens with zero attached hydrogens (tertiary/aromatic N) is 2. The number of hydrogen-bond acceptors (Lipinski definition) is 5. The summed E-state index contributed by atoms with van der Waals surface area (Å²) in [4.78, 5) is 16.0. The zero-order valence-electron chi connectivity index (χ0n) is 11.9. The molecule has 0 bridgehead atoms. The molecule has 0 aliphatic heterocycles. The van der Waals surface area contributed by atoms with Gasteiger partial charge < -0.3 is 20.3 Å². The van der Waals surface area contributed by atoms with Gasteiger partial charge in [-0.15, -0.1) is 0 Å². The first-order valence-electron chi connectivity index (χ1n) is 7.11. The molecule has 1 aliphatic rings. The van der Waals surface area contributed by atoms with E-state index in [1.54, 1.807) is 13.8 Å². The van der Waals surface area contributed by atoms with Crippen molar-refractivity contribution in [2.45, 2.75) is 57.5 Å². The Kier molecular flexibility index (Phi) is 4.94. The number of hydrogen-bond donors (Lipinski definition) is 3. The average molecular weight is 282 g/mol. The van der Waals surface area contributed by atoms with E-state index >= 15 is 0 Å². The molecule has 112 valence electrons. The van der Waals surface area contributed by atoms with Crippen LogP contribution in [0, 0.1) is 0 Å². The molecule has 2 amide bonds. The maximum atomic E-state index is 11.6. The van der Waals surface area contributed by atoms with Crippen molar-refractivity contribution in [1.29, 1.82) is 0 Å². The van der Waals surface area contributed by atoms with Crippen molar-refractivity contribution in [3.63, 3.8) is 0 Å². The van der Waals surface area contributed by atoms with Gasteiger partial charge in [-0.1, -0.05) is 18.0 Å². The fourth-order valence-electron chi connectivity index (χ4n) is 2.34. The van der Waals surface area contributed by atoms with Crippen LogP contribution in [0.15, 0.2) is 4.52 Å². The number of carbonyl (C=O) groups excluding carboxylic acids is 1. The minimum atomic E-state index is -0.361. The molecule has 7 heteroatoms. The van der Waals surface area contributed by atoms with E-state index in [9.17, 15) is 4.79 Å².